The molecule has 0 bridgehead atoms. The lowest BCUT2D eigenvalue weighted by atomic mass is 10.0. The molecular weight excluding hydrogens is 271 g/mol. The van der Waals surface area contributed by atoms with E-state index in [2.05, 4.69) is 32.1 Å². The summed E-state index contributed by atoms with van der Waals surface area (Å²) in [6.07, 6.45) is 3.28. The number of fused-ring (bicyclic) bond motifs is 3. The van der Waals surface area contributed by atoms with Gasteiger partial charge in [-0.1, -0.05) is 6.92 Å². The second-order valence-corrected chi connectivity index (χ2v) is 5.52. The number of likely N-dealkylation sites (tertiary alicyclic amines) is 1. The predicted molar refractivity (Wildman–Crippen MR) is 77.8 cm³/mol. The van der Waals surface area contributed by atoms with E-state index in [1.165, 1.54) is 0 Å². The first-order valence-corrected chi connectivity index (χ1v) is 7.30. The first kappa shape index (κ1) is 12.7. The molecule has 1 aliphatic rings. The number of halogens is 1. The topological polar surface area (TPSA) is 62.6 Å². The number of piperidine rings is 1. The molecular formula is C14H17FN6. The molecule has 0 spiro atoms. The maximum Gasteiger partial charge on any atom is 0.161 e. The molecule has 0 amide bonds. The largest absolute Gasteiger partial charge is 0.301 e. The van der Waals surface area contributed by atoms with Gasteiger partial charge in [-0.3, -0.25) is 4.68 Å². The molecule has 6 nitrogen and oxygen atoms in total. The van der Waals surface area contributed by atoms with Crippen LogP contribution in [-0.2, 0) is 0 Å². The van der Waals surface area contributed by atoms with E-state index >= 15 is 0 Å². The Morgan fingerprint density at radius 1 is 1.43 bits per heavy atom. The Kier molecular flexibility index (Phi) is 2.88. The van der Waals surface area contributed by atoms with E-state index in [4.69, 9.17) is 0 Å². The van der Waals surface area contributed by atoms with Crippen molar-refractivity contribution < 1.29 is 4.39 Å². The Hall–Kier alpha value is -2.02. The van der Waals surface area contributed by atoms with Crippen molar-refractivity contribution >= 4 is 22.1 Å². The van der Waals surface area contributed by atoms with E-state index in [9.17, 15) is 4.39 Å². The summed E-state index contributed by atoms with van der Waals surface area (Å²) in [5.74, 6) is 0. The molecule has 2 atom stereocenters. The Bertz CT molecular complexity index is 778. The van der Waals surface area contributed by atoms with Crippen LogP contribution in [0, 0.1) is 0 Å². The molecule has 7 heteroatoms. The summed E-state index contributed by atoms with van der Waals surface area (Å²) in [6.45, 7) is 4.34. The number of H-pyrrole nitrogens is 1. The number of rotatable bonds is 2. The Balaban J connectivity index is 1.81. The van der Waals surface area contributed by atoms with E-state index in [1.807, 2.05) is 10.7 Å². The van der Waals surface area contributed by atoms with Crippen LogP contribution >= 0.6 is 0 Å². The van der Waals surface area contributed by atoms with Gasteiger partial charge in [0, 0.05) is 24.7 Å². The number of alkyl halides is 1. The third-order valence-corrected chi connectivity index (χ3v) is 4.37. The number of aromatic amines is 1. The molecule has 0 aliphatic carbocycles. The summed E-state index contributed by atoms with van der Waals surface area (Å²) in [7, 11) is 0. The molecule has 3 aromatic heterocycles. The molecule has 110 valence electrons. The average molecular weight is 288 g/mol. The molecule has 4 rings (SSSR count). The third-order valence-electron chi connectivity index (χ3n) is 4.37. The maximum atomic E-state index is 14.6. The van der Waals surface area contributed by atoms with Crippen LogP contribution in [0.25, 0.3) is 22.1 Å². The van der Waals surface area contributed by atoms with Crippen LogP contribution in [0.1, 0.15) is 19.4 Å². The van der Waals surface area contributed by atoms with Gasteiger partial charge in [0.1, 0.15) is 11.7 Å². The van der Waals surface area contributed by atoms with Crippen LogP contribution in [0.3, 0.4) is 0 Å². The van der Waals surface area contributed by atoms with Crippen LogP contribution in [0.2, 0.25) is 0 Å². The van der Waals surface area contributed by atoms with Gasteiger partial charge in [0.05, 0.1) is 17.8 Å². The highest BCUT2D eigenvalue weighted by atomic mass is 19.1. The van der Waals surface area contributed by atoms with Crippen molar-refractivity contribution in [1.29, 1.82) is 0 Å². The fourth-order valence-electron chi connectivity index (χ4n) is 3.20. The SMILES string of the molecule is CCN1CCC(n2[nH]nc3cnc4nccc4c32)C(F)C1. The molecule has 2 unspecified atom stereocenters. The molecule has 1 N–H and O–H groups in total. The van der Waals surface area contributed by atoms with Crippen LogP contribution in [-0.4, -0.2) is 55.7 Å². The predicted octanol–water partition coefficient (Wildman–Crippen LogP) is 1.91. The smallest absolute Gasteiger partial charge is 0.161 e. The first-order chi connectivity index (χ1) is 10.3. The molecule has 0 aromatic carbocycles. The van der Waals surface area contributed by atoms with E-state index in [-0.39, 0.29) is 6.04 Å². The highest BCUT2D eigenvalue weighted by Crippen LogP contribution is 2.30. The fourth-order valence-corrected chi connectivity index (χ4v) is 3.20. The molecule has 1 fully saturated rings. The Morgan fingerprint density at radius 2 is 2.33 bits per heavy atom. The minimum Gasteiger partial charge on any atom is -0.301 e. The van der Waals surface area contributed by atoms with Crippen molar-refractivity contribution in [1.82, 2.24) is 29.9 Å². The highest BCUT2D eigenvalue weighted by molar-refractivity contribution is 6.00. The number of nitrogens with zero attached hydrogens (tertiary/aromatic N) is 5. The number of hydrogen-bond donors (Lipinski definition) is 1. The molecule has 1 saturated heterocycles. The fraction of sp³-hybridized carbons (Fsp3) is 0.500. The third kappa shape index (κ3) is 1.91. The number of aromatic nitrogens is 5. The van der Waals surface area contributed by atoms with Crippen LogP contribution in [0.5, 0.6) is 0 Å². The number of pyridine rings is 1. The van der Waals surface area contributed by atoms with Crippen molar-refractivity contribution in [3.05, 3.63) is 18.5 Å². The highest BCUT2D eigenvalue weighted by Gasteiger charge is 2.31. The van der Waals surface area contributed by atoms with Gasteiger partial charge < -0.3 is 4.90 Å². The zero-order valence-corrected chi connectivity index (χ0v) is 11.8. The maximum absolute atomic E-state index is 14.6. The zero-order valence-electron chi connectivity index (χ0n) is 11.8. The second-order valence-electron chi connectivity index (χ2n) is 5.52. The monoisotopic (exact) mass is 288 g/mol. The summed E-state index contributed by atoms with van der Waals surface area (Å²) < 4.78 is 16.4. The van der Waals surface area contributed by atoms with E-state index in [0.29, 0.717) is 12.2 Å². The lowest BCUT2D eigenvalue weighted by Crippen LogP contribution is -2.42. The summed E-state index contributed by atoms with van der Waals surface area (Å²) in [4.78, 5) is 10.6. The molecule has 1 aliphatic heterocycles. The van der Waals surface area contributed by atoms with Gasteiger partial charge in [0.2, 0.25) is 0 Å². The van der Waals surface area contributed by atoms with Gasteiger partial charge in [0.15, 0.2) is 5.65 Å². The van der Waals surface area contributed by atoms with Crippen LogP contribution in [0.15, 0.2) is 18.5 Å². The van der Waals surface area contributed by atoms with Gasteiger partial charge in [0.25, 0.3) is 0 Å². The quantitative estimate of drug-likeness (QED) is 0.782. The van der Waals surface area contributed by atoms with Crippen LogP contribution in [0.4, 0.5) is 4.39 Å². The summed E-state index contributed by atoms with van der Waals surface area (Å²) >= 11 is 0. The Labute approximate surface area is 120 Å². The van der Waals surface area contributed by atoms with Crippen molar-refractivity contribution in [2.75, 3.05) is 19.6 Å². The van der Waals surface area contributed by atoms with Crippen molar-refractivity contribution in [2.24, 2.45) is 0 Å². The molecule has 4 heterocycles. The second kappa shape index (κ2) is 4.77. The minimum absolute atomic E-state index is 0.210. The zero-order chi connectivity index (χ0) is 14.4. The normalized spacial score (nSPS) is 24.1. The number of hydrogen-bond acceptors (Lipinski definition) is 4. The van der Waals surface area contributed by atoms with Gasteiger partial charge >= 0.3 is 0 Å². The molecule has 3 aromatic rings. The van der Waals surface area contributed by atoms with Crippen molar-refractivity contribution in [3.8, 4) is 0 Å². The lowest BCUT2D eigenvalue weighted by Gasteiger charge is -2.34. The molecule has 0 saturated carbocycles. The van der Waals surface area contributed by atoms with Gasteiger partial charge in [-0.25, -0.2) is 19.6 Å². The van der Waals surface area contributed by atoms with Crippen molar-refractivity contribution in [3.63, 3.8) is 0 Å². The molecule has 0 radical (unpaired) electrons. The van der Waals surface area contributed by atoms with Gasteiger partial charge in [-0.2, -0.15) is 5.10 Å². The first-order valence-electron chi connectivity index (χ1n) is 7.30. The van der Waals surface area contributed by atoms with E-state index in [0.717, 1.165) is 35.9 Å². The van der Waals surface area contributed by atoms with Gasteiger partial charge in [-0.15, -0.1) is 0 Å². The number of nitrogens with one attached hydrogen (secondary N) is 1. The lowest BCUT2D eigenvalue weighted by molar-refractivity contribution is 0.0887. The Morgan fingerprint density at radius 3 is 3.14 bits per heavy atom. The summed E-state index contributed by atoms with van der Waals surface area (Å²) in [5.41, 5.74) is 2.33. The minimum atomic E-state index is -0.904. The standard InChI is InChI=1S/C14H17FN6/c1-2-20-6-4-12(10(15)8-20)21-13-9-3-5-16-14(9)17-7-11(13)18-19-21/h3,5,7,10,12,19H,2,4,6,8H2,1H3. The average Bonchev–Trinajstić information content (AvgIpc) is 3.12. The summed E-state index contributed by atoms with van der Waals surface area (Å²) in [6, 6.07) is 1.70. The molecule has 21 heavy (non-hydrogen) atoms. The van der Waals surface area contributed by atoms with Crippen LogP contribution < -0.4 is 0 Å². The van der Waals surface area contributed by atoms with E-state index < -0.39 is 6.17 Å². The van der Waals surface area contributed by atoms with Gasteiger partial charge in [-0.05, 0) is 19.0 Å². The van der Waals surface area contributed by atoms with E-state index in [1.54, 1.807) is 12.4 Å². The van der Waals surface area contributed by atoms with Crippen molar-refractivity contribution in [2.45, 2.75) is 25.6 Å². The summed E-state index contributed by atoms with van der Waals surface area (Å²) in [5, 5.41) is 8.16.